The first-order valence-electron chi connectivity index (χ1n) is 11.0. The third kappa shape index (κ3) is 4.97. The van der Waals surface area contributed by atoms with Gasteiger partial charge in [0.05, 0.1) is 18.6 Å². The van der Waals surface area contributed by atoms with Crippen LogP contribution in [0.3, 0.4) is 0 Å². The van der Waals surface area contributed by atoms with Crippen molar-refractivity contribution >= 4 is 15.7 Å². The lowest BCUT2D eigenvalue weighted by Gasteiger charge is -2.34. The summed E-state index contributed by atoms with van der Waals surface area (Å²) >= 11 is 0. The third-order valence-corrected chi connectivity index (χ3v) is 7.76. The Balaban J connectivity index is 1.78. The zero-order chi connectivity index (χ0) is 24.5. The number of hydrogen-bond acceptors (Lipinski definition) is 4. The van der Waals surface area contributed by atoms with Crippen LogP contribution in [0.5, 0.6) is 0 Å². The Bertz CT molecular complexity index is 1240. The average Bonchev–Trinajstić information content (AvgIpc) is 3.12. The second-order valence-electron chi connectivity index (χ2n) is 8.65. The smallest absolute Gasteiger partial charge is 0.361 e. The monoisotopic (exact) mass is 492 g/mol. The minimum absolute atomic E-state index is 0.268. The Labute approximate surface area is 197 Å². The largest absolute Gasteiger partial charge is 0.511 e. The van der Waals surface area contributed by atoms with Crippen LogP contribution in [0.15, 0.2) is 61.1 Å². The number of aryl methyl sites for hydroxylation is 3. The highest BCUT2D eigenvalue weighted by Gasteiger charge is 2.51. The van der Waals surface area contributed by atoms with E-state index in [1.165, 1.54) is 0 Å². The molecule has 0 N–H and O–H groups in total. The van der Waals surface area contributed by atoms with Crippen LogP contribution in [-0.2, 0) is 36.6 Å². The molecule has 2 aromatic carbocycles. The fraction of sp³-hybridized carbons (Fsp3) is 0.375. The van der Waals surface area contributed by atoms with Gasteiger partial charge in [0.25, 0.3) is 0 Å². The molecule has 182 valence electrons. The minimum Gasteiger partial charge on any atom is -0.361 e. The second kappa shape index (κ2) is 9.42. The summed E-state index contributed by atoms with van der Waals surface area (Å²) in [5.74, 6) is 0. The van der Waals surface area contributed by atoms with E-state index in [9.17, 15) is 21.6 Å². The maximum Gasteiger partial charge on any atom is 0.511 e. The number of anilines is 1. The molecule has 1 unspecified atom stereocenters. The van der Waals surface area contributed by atoms with E-state index >= 15 is 0 Å². The fourth-order valence-electron chi connectivity index (χ4n) is 4.42. The molecule has 0 fully saturated rings. The average molecular weight is 493 g/mol. The number of alkyl halides is 3. The van der Waals surface area contributed by atoms with Crippen molar-refractivity contribution in [2.45, 2.75) is 44.4 Å². The first-order valence-corrected chi connectivity index (χ1v) is 12.4. The summed E-state index contributed by atoms with van der Waals surface area (Å²) in [7, 11) is -3.65. The molecule has 3 aromatic rings. The van der Waals surface area contributed by atoms with Gasteiger partial charge in [-0.1, -0.05) is 42.5 Å². The van der Waals surface area contributed by atoms with Crippen molar-refractivity contribution in [1.82, 2.24) is 13.9 Å². The topological polar surface area (TPSA) is 58.4 Å². The van der Waals surface area contributed by atoms with E-state index in [-0.39, 0.29) is 13.1 Å². The van der Waals surface area contributed by atoms with Crippen molar-refractivity contribution < 1.29 is 21.6 Å². The van der Waals surface area contributed by atoms with Gasteiger partial charge in [-0.3, -0.25) is 0 Å². The van der Waals surface area contributed by atoms with Crippen molar-refractivity contribution in [2.75, 3.05) is 11.4 Å². The van der Waals surface area contributed by atoms with Crippen LogP contribution in [0.25, 0.3) is 0 Å². The highest BCUT2D eigenvalue weighted by Crippen LogP contribution is 2.37. The molecule has 0 amide bonds. The maximum absolute atomic E-state index is 13.6. The van der Waals surface area contributed by atoms with Gasteiger partial charge in [-0.15, -0.1) is 0 Å². The van der Waals surface area contributed by atoms with Crippen LogP contribution in [0, 0.1) is 6.92 Å². The normalized spacial score (nSPS) is 17.4. The highest BCUT2D eigenvalue weighted by molar-refractivity contribution is 7.89. The van der Waals surface area contributed by atoms with E-state index < -0.39 is 21.6 Å². The zero-order valence-corrected chi connectivity index (χ0v) is 19.9. The number of fused-ring (bicyclic) bond motifs is 1. The van der Waals surface area contributed by atoms with Crippen LogP contribution in [-0.4, -0.2) is 40.4 Å². The Kier molecular flexibility index (Phi) is 6.73. The lowest BCUT2D eigenvalue weighted by Crippen LogP contribution is -2.47. The summed E-state index contributed by atoms with van der Waals surface area (Å²) in [6.07, 6.45) is 4.61. The number of halogens is 3. The van der Waals surface area contributed by atoms with E-state index in [1.807, 2.05) is 65.2 Å². The number of hydrogen-bond donors (Lipinski definition) is 0. The number of sulfonamides is 1. The fourth-order valence-corrected chi connectivity index (χ4v) is 5.38. The van der Waals surface area contributed by atoms with Gasteiger partial charge in [0.15, 0.2) is 0 Å². The van der Waals surface area contributed by atoms with Gasteiger partial charge in [0, 0.05) is 38.1 Å². The van der Waals surface area contributed by atoms with Gasteiger partial charge in [0.1, 0.15) is 0 Å². The number of benzene rings is 2. The molecule has 0 saturated heterocycles. The molecule has 2 heterocycles. The molecule has 0 aliphatic carbocycles. The molecule has 6 nitrogen and oxygen atoms in total. The molecule has 1 aromatic heterocycles. The van der Waals surface area contributed by atoms with E-state index in [1.54, 1.807) is 19.3 Å². The van der Waals surface area contributed by atoms with Crippen molar-refractivity contribution in [3.8, 4) is 0 Å². The Hall–Kier alpha value is -2.85. The first kappa shape index (κ1) is 24.3. The van der Waals surface area contributed by atoms with E-state index in [0.717, 1.165) is 22.5 Å². The number of aromatic nitrogens is 2. The van der Waals surface area contributed by atoms with Gasteiger partial charge in [0.2, 0.25) is 0 Å². The van der Waals surface area contributed by atoms with Crippen molar-refractivity contribution in [3.05, 3.63) is 83.4 Å². The van der Waals surface area contributed by atoms with E-state index in [2.05, 4.69) is 4.98 Å². The molecule has 4 rings (SSSR count). The summed E-state index contributed by atoms with van der Waals surface area (Å²) in [5.41, 5.74) is -1.51. The number of nitrogens with zero attached hydrogens (tertiary/aromatic N) is 4. The number of imidazole rings is 1. The molecule has 1 aliphatic rings. The second-order valence-corrected chi connectivity index (χ2v) is 10.6. The van der Waals surface area contributed by atoms with Gasteiger partial charge >= 0.3 is 15.5 Å². The summed E-state index contributed by atoms with van der Waals surface area (Å²) in [6, 6.07) is 14.7. The predicted molar refractivity (Wildman–Crippen MR) is 125 cm³/mol. The molecule has 34 heavy (non-hydrogen) atoms. The lowest BCUT2D eigenvalue weighted by atomic mass is 10.0. The van der Waals surface area contributed by atoms with Crippen LogP contribution >= 0.6 is 0 Å². The van der Waals surface area contributed by atoms with Crippen molar-refractivity contribution in [1.29, 1.82) is 0 Å². The quantitative estimate of drug-likeness (QED) is 0.512. The molecule has 1 atom stereocenters. The minimum atomic E-state index is -5.50. The summed E-state index contributed by atoms with van der Waals surface area (Å²) in [6.45, 7) is 1.55. The molecule has 0 radical (unpaired) electrons. The molecule has 0 saturated carbocycles. The Morgan fingerprint density at radius 2 is 1.82 bits per heavy atom. The van der Waals surface area contributed by atoms with E-state index in [0.29, 0.717) is 29.3 Å². The molecule has 0 bridgehead atoms. The molecular weight excluding hydrogens is 465 g/mol. The SMILES string of the molecule is Cc1cccc2c1CN(S(=O)(=O)C(F)(F)F)CC(CCc1ccccc1)N2Cc1cn(C)cn1. The van der Waals surface area contributed by atoms with E-state index in [4.69, 9.17) is 0 Å². The molecular formula is C24H27F3N4O2S. The highest BCUT2D eigenvalue weighted by atomic mass is 32.2. The molecule has 10 heteroatoms. The summed E-state index contributed by atoms with van der Waals surface area (Å²) in [4.78, 5) is 6.42. The standard InChI is InChI=1S/C24H27F3N4O2S/c1-18-7-6-10-23-22(18)16-30(34(32,33)24(25,26)27)15-21(12-11-19-8-4-3-5-9-19)31(23)14-20-13-29(2)17-28-20/h3-10,13,17,21H,11-12,14-16H2,1-2H3. The Morgan fingerprint density at radius 3 is 2.47 bits per heavy atom. The van der Waals surface area contributed by atoms with Crippen LogP contribution < -0.4 is 4.90 Å². The summed E-state index contributed by atoms with van der Waals surface area (Å²) < 4.78 is 68.3. The summed E-state index contributed by atoms with van der Waals surface area (Å²) in [5, 5.41) is 0. The number of rotatable bonds is 6. The molecule has 0 spiro atoms. The lowest BCUT2D eigenvalue weighted by molar-refractivity contribution is -0.0492. The van der Waals surface area contributed by atoms with Gasteiger partial charge in [-0.05, 0) is 42.5 Å². The molecule has 1 aliphatic heterocycles. The van der Waals surface area contributed by atoms with Crippen LogP contribution in [0.2, 0.25) is 0 Å². The van der Waals surface area contributed by atoms with Gasteiger partial charge < -0.3 is 9.47 Å². The maximum atomic E-state index is 13.6. The van der Waals surface area contributed by atoms with Crippen molar-refractivity contribution in [3.63, 3.8) is 0 Å². The van der Waals surface area contributed by atoms with Gasteiger partial charge in [-0.25, -0.2) is 13.4 Å². The third-order valence-electron chi connectivity index (χ3n) is 6.22. The predicted octanol–water partition coefficient (Wildman–Crippen LogP) is 4.40. The Morgan fingerprint density at radius 1 is 1.09 bits per heavy atom. The van der Waals surface area contributed by atoms with Crippen LogP contribution in [0.1, 0.15) is 28.8 Å². The van der Waals surface area contributed by atoms with Gasteiger partial charge in [-0.2, -0.15) is 17.5 Å². The first-order chi connectivity index (χ1) is 16.1. The van der Waals surface area contributed by atoms with Crippen molar-refractivity contribution in [2.24, 2.45) is 7.05 Å². The van der Waals surface area contributed by atoms with Crippen LogP contribution in [0.4, 0.5) is 18.9 Å². The zero-order valence-electron chi connectivity index (χ0n) is 19.0.